The Morgan fingerprint density at radius 1 is 1.12 bits per heavy atom. The van der Waals surface area contributed by atoms with Crippen LogP contribution in [0.25, 0.3) is 10.1 Å². The van der Waals surface area contributed by atoms with E-state index in [0.29, 0.717) is 11.8 Å². The van der Waals surface area contributed by atoms with Gasteiger partial charge in [0.05, 0.1) is 5.38 Å². The van der Waals surface area contributed by atoms with Crippen molar-refractivity contribution in [2.45, 2.75) is 26.1 Å². The van der Waals surface area contributed by atoms with E-state index in [1.165, 1.54) is 15.6 Å². The predicted molar refractivity (Wildman–Crippen MR) is 74.4 cm³/mol. The first-order valence-corrected chi connectivity index (χ1v) is 7.03. The molecule has 0 N–H and O–H groups in total. The quantitative estimate of drug-likeness (QED) is 0.635. The molecule has 0 nitrogen and oxygen atoms in total. The van der Waals surface area contributed by atoms with Gasteiger partial charge in [0.1, 0.15) is 0 Å². The van der Waals surface area contributed by atoms with Crippen LogP contribution in [0.4, 0.5) is 0 Å². The molecule has 0 saturated heterocycles. The molecule has 1 aromatic carbocycles. The zero-order valence-corrected chi connectivity index (χ0v) is 11.5. The Morgan fingerprint density at radius 3 is 2.50 bits per heavy atom. The minimum atomic E-state index is 0.121. The number of halogens is 1. The van der Waals surface area contributed by atoms with Crippen molar-refractivity contribution in [3.8, 4) is 0 Å². The van der Waals surface area contributed by atoms with Crippen LogP contribution in [0.15, 0.2) is 29.6 Å². The Labute approximate surface area is 106 Å². The summed E-state index contributed by atoms with van der Waals surface area (Å²) in [6, 6.07) is 8.50. The number of hydrogen-bond acceptors (Lipinski definition) is 1. The van der Waals surface area contributed by atoms with Crippen molar-refractivity contribution in [2.75, 3.05) is 0 Å². The van der Waals surface area contributed by atoms with E-state index in [-0.39, 0.29) is 5.38 Å². The average molecular weight is 253 g/mol. The molecular formula is C14H17ClS. The summed E-state index contributed by atoms with van der Waals surface area (Å²) in [7, 11) is 0. The Bertz CT molecular complexity index is 472. The maximum absolute atomic E-state index is 6.58. The lowest BCUT2D eigenvalue weighted by atomic mass is 9.90. The van der Waals surface area contributed by atoms with Gasteiger partial charge >= 0.3 is 0 Å². The highest BCUT2D eigenvalue weighted by molar-refractivity contribution is 7.17. The lowest BCUT2D eigenvalue weighted by molar-refractivity contribution is 0.407. The molecule has 1 aromatic heterocycles. The smallest absolute Gasteiger partial charge is 0.0627 e. The number of rotatable bonds is 3. The van der Waals surface area contributed by atoms with Crippen molar-refractivity contribution in [3.63, 3.8) is 0 Å². The molecule has 86 valence electrons. The Kier molecular flexibility index (Phi) is 3.56. The molecule has 0 saturated carbocycles. The maximum Gasteiger partial charge on any atom is 0.0627 e. The van der Waals surface area contributed by atoms with Crippen LogP contribution in [0.2, 0.25) is 0 Å². The fourth-order valence-electron chi connectivity index (χ4n) is 1.83. The van der Waals surface area contributed by atoms with Gasteiger partial charge in [0.15, 0.2) is 0 Å². The van der Waals surface area contributed by atoms with E-state index in [2.05, 4.69) is 50.4 Å². The summed E-state index contributed by atoms with van der Waals surface area (Å²) in [5.41, 5.74) is 1.29. The zero-order valence-electron chi connectivity index (χ0n) is 9.91. The Hall–Kier alpha value is -0.530. The average Bonchev–Trinajstić information content (AvgIpc) is 2.70. The topological polar surface area (TPSA) is 0 Å². The first kappa shape index (κ1) is 11.9. The molecule has 0 aliphatic rings. The number of fused-ring (bicyclic) bond motifs is 1. The van der Waals surface area contributed by atoms with Crippen LogP contribution in [0.3, 0.4) is 0 Å². The summed E-state index contributed by atoms with van der Waals surface area (Å²) in [6.45, 7) is 6.69. The fourth-order valence-corrected chi connectivity index (χ4v) is 3.38. The van der Waals surface area contributed by atoms with E-state index in [1.54, 1.807) is 11.3 Å². The molecule has 0 aliphatic carbocycles. The molecule has 0 amide bonds. The first-order valence-electron chi connectivity index (χ1n) is 5.71. The number of benzene rings is 1. The predicted octanol–water partition coefficient (Wildman–Crippen LogP) is 5.47. The highest BCUT2D eigenvalue weighted by Crippen LogP contribution is 2.39. The molecule has 0 radical (unpaired) electrons. The van der Waals surface area contributed by atoms with Crippen LogP contribution in [0, 0.1) is 11.8 Å². The molecule has 16 heavy (non-hydrogen) atoms. The molecule has 2 heteroatoms. The van der Waals surface area contributed by atoms with Gasteiger partial charge in [-0.15, -0.1) is 22.9 Å². The SMILES string of the molecule is CC(C)C(C)C(Cl)c1csc2ccccc12. The molecular weight excluding hydrogens is 236 g/mol. The standard InChI is InChI=1S/C14H17ClS/c1-9(2)10(3)14(15)12-8-16-13-7-5-4-6-11(12)13/h4-10,14H,1-3H3. The molecule has 1 heterocycles. The van der Waals surface area contributed by atoms with E-state index in [9.17, 15) is 0 Å². The normalized spacial score (nSPS) is 15.6. The van der Waals surface area contributed by atoms with E-state index in [4.69, 9.17) is 11.6 Å². The monoisotopic (exact) mass is 252 g/mol. The van der Waals surface area contributed by atoms with Gasteiger partial charge in [0.2, 0.25) is 0 Å². The van der Waals surface area contributed by atoms with Gasteiger partial charge < -0.3 is 0 Å². The van der Waals surface area contributed by atoms with Crippen LogP contribution in [0.5, 0.6) is 0 Å². The van der Waals surface area contributed by atoms with Crippen molar-refractivity contribution in [1.29, 1.82) is 0 Å². The van der Waals surface area contributed by atoms with E-state index in [1.807, 2.05) is 0 Å². The van der Waals surface area contributed by atoms with Crippen molar-refractivity contribution in [3.05, 3.63) is 35.2 Å². The van der Waals surface area contributed by atoms with E-state index >= 15 is 0 Å². The van der Waals surface area contributed by atoms with Crippen molar-refractivity contribution < 1.29 is 0 Å². The van der Waals surface area contributed by atoms with Gasteiger partial charge in [-0.1, -0.05) is 39.0 Å². The van der Waals surface area contributed by atoms with E-state index in [0.717, 1.165) is 0 Å². The molecule has 0 bridgehead atoms. The molecule has 2 aromatic rings. The van der Waals surface area contributed by atoms with Gasteiger partial charge in [-0.25, -0.2) is 0 Å². The minimum absolute atomic E-state index is 0.121. The fraction of sp³-hybridized carbons (Fsp3) is 0.429. The zero-order chi connectivity index (χ0) is 11.7. The molecule has 2 atom stereocenters. The van der Waals surface area contributed by atoms with Crippen molar-refractivity contribution in [2.24, 2.45) is 11.8 Å². The van der Waals surface area contributed by atoms with Crippen LogP contribution < -0.4 is 0 Å². The Morgan fingerprint density at radius 2 is 1.81 bits per heavy atom. The summed E-state index contributed by atoms with van der Waals surface area (Å²) in [4.78, 5) is 0. The molecule has 2 unspecified atom stereocenters. The maximum atomic E-state index is 6.58. The third-order valence-corrected chi connectivity index (χ3v) is 4.94. The van der Waals surface area contributed by atoms with Crippen molar-refractivity contribution >= 4 is 33.0 Å². The summed E-state index contributed by atoms with van der Waals surface area (Å²) in [5, 5.41) is 3.65. The largest absolute Gasteiger partial charge is 0.143 e. The number of thiophene rings is 1. The van der Waals surface area contributed by atoms with Gasteiger partial charge in [0, 0.05) is 4.70 Å². The summed E-state index contributed by atoms with van der Waals surface area (Å²) in [6.07, 6.45) is 0. The molecule has 2 rings (SSSR count). The molecule has 0 spiro atoms. The van der Waals surface area contributed by atoms with Gasteiger partial charge in [-0.05, 0) is 34.2 Å². The van der Waals surface area contributed by atoms with Crippen LogP contribution >= 0.6 is 22.9 Å². The van der Waals surface area contributed by atoms with E-state index < -0.39 is 0 Å². The summed E-state index contributed by atoms with van der Waals surface area (Å²) in [5.74, 6) is 1.11. The van der Waals surface area contributed by atoms with Crippen LogP contribution in [-0.2, 0) is 0 Å². The second kappa shape index (κ2) is 4.77. The second-order valence-electron chi connectivity index (χ2n) is 4.69. The molecule has 0 fully saturated rings. The third kappa shape index (κ3) is 2.11. The lowest BCUT2D eigenvalue weighted by Gasteiger charge is -2.21. The van der Waals surface area contributed by atoms with Gasteiger partial charge in [-0.3, -0.25) is 0 Å². The van der Waals surface area contributed by atoms with Crippen LogP contribution in [-0.4, -0.2) is 0 Å². The van der Waals surface area contributed by atoms with Crippen LogP contribution in [0.1, 0.15) is 31.7 Å². The van der Waals surface area contributed by atoms with Gasteiger partial charge in [-0.2, -0.15) is 0 Å². The minimum Gasteiger partial charge on any atom is -0.143 e. The number of alkyl halides is 1. The highest BCUT2D eigenvalue weighted by atomic mass is 35.5. The number of hydrogen-bond donors (Lipinski definition) is 0. The summed E-state index contributed by atoms with van der Waals surface area (Å²) < 4.78 is 1.33. The van der Waals surface area contributed by atoms with Crippen molar-refractivity contribution in [1.82, 2.24) is 0 Å². The third-order valence-electron chi connectivity index (χ3n) is 3.32. The Balaban J connectivity index is 2.40. The first-order chi connectivity index (χ1) is 7.61. The molecule has 0 aliphatic heterocycles. The second-order valence-corrected chi connectivity index (χ2v) is 6.07. The lowest BCUT2D eigenvalue weighted by Crippen LogP contribution is -2.10. The van der Waals surface area contributed by atoms with Gasteiger partial charge in [0.25, 0.3) is 0 Å². The summed E-state index contributed by atoms with van der Waals surface area (Å²) >= 11 is 8.37. The highest BCUT2D eigenvalue weighted by Gasteiger charge is 2.22.